The standard InChI is InChI=1S/C22H25FN2O3/c1-2-11-25-14-17-13-18(23)8-9-21(17)24(12-10-22(25)27)15-19(26)16-28-20-6-4-3-5-7-20/h2-9,13,19,26H,1,10-12,14-16H2. The van der Waals surface area contributed by atoms with Crippen LogP contribution in [0.4, 0.5) is 10.1 Å². The van der Waals surface area contributed by atoms with E-state index >= 15 is 0 Å². The molecule has 148 valence electrons. The van der Waals surface area contributed by atoms with Crippen LogP contribution in [0.3, 0.4) is 0 Å². The maximum atomic E-state index is 13.8. The van der Waals surface area contributed by atoms with Gasteiger partial charge in [0.25, 0.3) is 0 Å². The van der Waals surface area contributed by atoms with Gasteiger partial charge in [0.2, 0.25) is 5.91 Å². The van der Waals surface area contributed by atoms with Crippen LogP contribution in [-0.4, -0.2) is 48.3 Å². The van der Waals surface area contributed by atoms with Gasteiger partial charge in [-0.05, 0) is 35.9 Å². The molecule has 1 aliphatic heterocycles. The van der Waals surface area contributed by atoms with Crippen molar-refractivity contribution < 1.29 is 19.0 Å². The molecule has 0 aromatic heterocycles. The van der Waals surface area contributed by atoms with Crippen molar-refractivity contribution in [1.29, 1.82) is 0 Å². The van der Waals surface area contributed by atoms with Crippen LogP contribution in [0.2, 0.25) is 0 Å². The third-order valence-corrected chi connectivity index (χ3v) is 4.66. The van der Waals surface area contributed by atoms with Gasteiger partial charge in [-0.25, -0.2) is 4.39 Å². The molecule has 1 heterocycles. The molecule has 0 aliphatic carbocycles. The molecule has 0 saturated heterocycles. The quantitative estimate of drug-likeness (QED) is 0.746. The van der Waals surface area contributed by atoms with Gasteiger partial charge in [-0.3, -0.25) is 4.79 Å². The smallest absolute Gasteiger partial charge is 0.224 e. The number of hydrogen-bond donors (Lipinski definition) is 1. The number of hydrogen-bond acceptors (Lipinski definition) is 4. The van der Waals surface area contributed by atoms with Crippen LogP contribution in [0.15, 0.2) is 61.2 Å². The Balaban J connectivity index is 1.73. The summed E-state index contributed by atoms with van der Waals surface area (Å²) < 4.78 is 19.4. The van der Waals surface area contributed by atoms with Gasteiger partial charge in [0.15, 0.2) is 0 Å². The zero-order valence-electron chi connectivity index (χ0n) is 15.8. The van der Waals surface area contributed by atoms with Crippen molar-refractivity contribution in [2.75, 3.05) is 31.1 Å². The number of para-hydroxylation sites is 1. The lowest BCUT2D eigenvalue weighted by Crippen LogP contribution is -2.42. The third kappa shape index (κ3) is 5.10. The number of β-amino-alcohol motifs (C(OH)–C–C–N with tert-alkyl or cyclic N) is 1. The fourth-order valence-corrected chi connectivity index (χ4v) is 3.32. The molecule has 28 heavy (non-hydrogen) atoms. The van der Waals surface area contributed by atoms with E-state index in [9.17, 15) is 14.3 Å². The molecule has 0 spiro atoms. The topological polar surface area (TPSA) is 53.0 Å². The first-order chi connectivity index (χ1) is 13.6. The zero-order valence-corrected chi connectivity index (χ0v) is 15.8. The molecule has 0 fully saturated rings. The number of benzene rings is 2. The summed E-state index contributed by atoms with van der Waals surface area (Å²) in [5.41, 5.74) is 1.54. The lowest BCUT2D eigenvalue weighted by molar-refractivity contribution is -0.131. The number of aliphatic hydroxyl groups excluding tert-OH is 1. The van der Waals surface area contributed by atoms with E-state index in [-0.39, 0.29) is 18.3 Å². The average Bonchev–Trinajstić information content (AvgIpc) is 2.69. The first kappa shape index (κ1) is 19.9. The Morgan fingerprint density at radius 3 is 2.75 bits per heavy atom. The molecule has 5 nitrogen and oxygen atoms in total. The highest BCUT2D eigenvalue weighted by atomic mass is 19.1. The van der Waals surface area contributed by atoms with Gasteiger partial charge >= 0.3 is 0 Å². The minimum Gasteiger partial charge on any atom is -0.491 e. The maximum absolute atomic E-state index is 13.8. The highest BCUT2D eigenvalue weighted by molar-refractivity contribution is 5.78. The van der Waals surface area contributed by atoms with Gasteiger partial charge in [-0.1, -0.05) is 24.3 Å². The predicted molar refractivity (Wildman–Crippen MR) is 107 cm³/mol. The predicted octanol–water partition coefficient (Wildman–Crippen LogP) is 2.99. The van der Waals surface area contributed by atoms with Crippen LogP contribution in [0.25, 0.3) is 0 Å². The van der Waals surface area contributed by atoms with Gasteiger partial charge in [-0.15, -0.1) is 6.58 Å². The Morgan fingerprint density at radius 1 is 1.21 bits per heavy atom. The Labute approximate surface area is 164 Å². The molecular formula is C22H25FN2O3. The lowest BCUT2D eigenvalue weighted by Gasteiger charge is -2.34. The van der Waals surface area contributed by atoms with Crippen molar-refractivity contribution in [1.82, 2.24) is 4.90 Å². The molecule has 1 amide bonds. The summed E-state index contributed by atoms with van der Waals surface area (Å²) in [6.07, 6.45) is 1.23. The first-order valence-electron chi connectivity index (χ1n) is 9.35. The van der Waals surface area contributed by atoms with Gasteiger partial charge in [0.1, 0.15) is 24.3 Å². The van der Waals surface area contributed by atoms with Gasteiger partial charge in [0.05, 0.1) is 0 Å². The maximum Gasteiger partial charge on any atom is 0.224 e. The average molecular weight is 384 g/mol. The highest BCUT2D eigenvalue weighted by Gasteiger charge is 2.24. The van der Waals surface area contributed by atoms with Crippen LogP contribution in [-0.2, 0) is 11.3 Å². The number of nitrogens with zero attached hydrogens (tertiary/aromatic N) is 2. The summed E-state index contributed by atoms with van der Waals surface area (Å²) in [7, 11) is 0. The molecule has 1 atom stereocenters. The van der Waals surface area contributed by atoms with Crippen LogP contribution in [0.1, 0.15) is 12.0 Å². The van der Waals surface area contributed by atoms with E-state index < -0.39 is 6.10 Å². The van der Waals surface area contributed by atoms with E-state index in [1.54, 1.807) is 17.0 Å². The second-order valence-corrected chi connectivity index (χ2v) is 6.81. The Bertz CT molecular complexity index is 813. The summed E-state index contributed by atoms with van der Waals surface area (Å²) in [5, 5.41) is 10.5. The van der Waals surface area contributed by atoms with E-state index in [1.807, 2.05) is 35.2 Å². The molecule has 0 saturated carbocycles. The van der Waals surface area contributed by atoms with E-state index in [2.05, 4.69) is 6.58 Å². The molecule has 3 rings (SSSR count). The second-order valence-electron chi connectivity index (χ2n) is 6.81. The van der Waals surface area contributed by atoms with Gasteiger partial charge in [0, 0.05) is 38.3 Å². The largest absolute Gasteiger partial charge is 0.491 e. The third-order valence-electron chi connectivity index (χ3n) is 4.66. The van der Waals surface area contributed by atoms with Crippen LogP contribution in [0.5, 0.6) is 5.75 Å². The number of carbonyl (C=O) groups is 1. The molecule has 0 bridgehead atoms. The van der Waals surface area contributed by atoms with E-state index in [0.717, 1.165) is 5.69 Å². The Morgan fingerprint density at radius 2 is 2.00 bits per heavy atom. The van der Waals surface area contributed by atoms with Crippen molar-refractivity contribution in [2.24, 2.45) is 0 Å². The number of halogens is 1. The highest BCUT2D eigenvalue weighted by Crippen LogP contribution is 2.26. The van der Waals surface area contributed by atoms with Crippen LogP contribution < -0.4 is 9.64 Å². The summed E-state index contributed by atoms with van der Waals surface area (Å²) in [6.45, 7) is 5.28. The molecule has 1 unspecified atom stereocenters. The normalized spacial score (nSPS) is 15.4. The summed E-state index contributed by atoms with van der Waals surface area (Å²) >= 11 is 0. The minimum atomic E-state index is -0.753. The SMILES string of the molecule is C=CCN1Cc2cc(F)ccc2N(CC(O)COc2ccccc2)CCC1=O. The summed E-state index contributed by atoms with van der Waals surface area (Å²) in [5.74, 6) is 0.319. The molecule has 1 aliphatic rings. The first-order valence-corrected chi connectivity index (χ1v) is 9.35. The molecule has 1 N–H and O–H groups in total. The van der Waals surface area contributed by atoms with Crippen molar-refractivity contribution in [3.8, 4) is 5.75 Å². The fourth-order valence-electron chi connectivity index (χ4n) is 3.32. The monoisotopic (exact) mass is 384 g/mol. The number of anilines is 1. The number of amides is 1. The minimum absolute atomic E-state index is 0.0187. The number of aliphatic hydroxyl groups is 1. The Kier molecular flexibility index (Phi) is 6.66. The molecule has 0 radical (unpaired) electrons. The van der Waals surface area contributed by atoms with Crippen molar-refractivity contribution in [2.45, 2.75) is 19.1 Å². The number of rotatable bonds is 7. The van der Waals surface area contributed by atoms with E-state index in [4.69, 9.17) is 4.74 Å². The lowest BCUT2D eigenvalue weighted by atomic mass is 10.1. The van der Waals surface area contributed by atoms with Crippen molar-refractivity contribution in [3.05, 3.63) is 72.6 Å². The molecule has 6 heteroatoms. The number of carbonyl (C=O) groups excluding carboxylic acids is 1. The van der Waals surface area contributed by atoms with Crippen molar-refractivity contribution in [3.63, 3.8) is 0 Å². The van der Waals surface area contributed by atoms with E-state index in [0.29, 0.717) is 43.9 Å². The molecule has 2 aromatic carbocycles. The second kappa shape index (κ2) is 9.37. The van der Waals surface area contributed by atoms with E-state index in [1.165, 1.54) is 12.1 Å². The summed E-state index contributed by atoms with van der Waals surface area (Å²) in [4.78, 5) is 16.1. The van der Waals surface area contributed by atoms with Gasteiger partial charge < -0.3 is 19.6 Å². The molecular weight excluding hydrogens is 359 g/mol. The number of fused-ring (bicyclic) bond motifs is 1. The zero-order chi connectivity index (χ0) is 19.9. The molecule has 2 aromatic rings. The fraction of sp³-hybridized carbons (Fsp3) is 0.318. The summed E-state index contributed by atoms with van der Waals surface area (Å²) in [6, 6.07) is 13.8. The number of ether oxygens (including phenoxy) is 1. The van der Waals surface area contributed by atoms with Crippen LogP contribution in [0, 0.1) is 5.82 Å². The van der Waals surface area contributed by atoms with Crippen molar-refractivity contribution >= 4 is 11.6 Å². The van der Waals surface area contributed by atoms with Gasteiger partial charge in [-0.2, -0.15) is 0 Å². The Hall–Kier alpha value is -2.86. The van der Waals surface area contributed by atoms with Crippen LogP contribution >= 0.6 is 0 Å².